The highest BCUT2D eigenvalue weighted by molar-refractivity contribution is 7.88. The third-order valence-electron chi connectivity index (χ3n) is 0.346. The summed E-state index contributed by atoms with van der Waals surface area (Å²) in [5.41, 5.74) is 0. The smallest absolute Gasteiger partial charge is 0.208 e. The molecule has 0 bridgehead atoms. The number of hydrogen-bond donors (Lipinski definition) is 1. The molecule has 0 unspecified atom stereocenters. The predicted octanol–water partition coefficient (Wildman–Crippen LogP) is -0.753. The van der Waals surface area contributed by atoms with Crippen molar-refractivity contribution < 1.29 is 8.42 Å². The molecule has 2 radical (unpaired) electrons. The zero-order valence-corrected chi connectivity index (χ0v) is 4.83. The van der Waals surface area contributed by atoms with Crippen LogP contribution in [-0.4, -0.2) is 21.2 Å². The molecule has 0 heterocycles. The lowest BCUT2D eigenvalue weighted by atomic mass is 10.8. The molecular formula is C3H7NO2S. The van der Waals surface area contributed by atoms with E-state index in [-0.39, 0.29) is 6.54 Å². The van der Waals surface area contributed by atoms with E-state index < -0.39 is 10.0 Å². The van der Waals surface area contributed by atoms with E-state index in [9.17, 15) is 8.42 Å². The molecule has 0 saturated heterocycles. The van der Waals surface area contributed by atoms with E-state index in [1.165, 1.54) is 0 Å². The van der Waals surface area contributed by atoms with Crippen molar-refractivity contribution in [3.05, 3.63) is 6.92 Å². The normalized spacial score (nSPS) is 11.7. The number of rotatable bonds is 2. The average Bonchev–Trinajstić information content (AvgIpc) is 1.30. The number of sulfonamides is 1. The van der Waals surface area contributed by atoms with Crippen molar-refractivity contribution in [3.8, 4) is 0 Å². The van der Waals surface area contributed by atoms with E-state index in [2.05, 4.69) is 0 Å². The van der Waals surface area contributed by atoms with E-state index in [4.69, 9.17) is 6.92 Å². The maximum absolute atomic E-state index is 10.0. The van der Waals surface area contributed by atoms with Gasteiger partial charge in [0, 0.05) is 6.54 Å². The van der Waals surface area contributed by atoms with Crippen molar-refractivity contribution in [2.24, 2.45) is 0 Å². The molecule has 3 nitrogen and oxygen atoms in total. The second-order valence-corrected chi connectivity index (χ2v) is 2.95. The second-order valence-electron chi connectivity index (χ2n) is 1.12. The standard InChI is InChI=1S/C3H7NO2S/c1-3-4-7(2,5)6/h1,4H,3H2,2H3. The first-order chi connectivity index (χ1) is 3.06. The van der Waals surface area contributed by atoms with E-state index >= 15 is 0 Å². The Bertz CT molecular complexity index is 126. The molecule has 0 saturated carbocycles. The second kappa shape index (κ2) is 2.28. The van der Waals surface area contributed by atoms with Crippen LogP contribution in [-0.2, 0) is 10.0 Å². The summed E-state index contributed by atoms with van der Waals surface area (Å²) in [6.45, 7) is 4.80. The quantitative estimate of drug-likeness (QED) is 0.522. The topological polar surface area (TPSA) is 46.2 Å². The fourth-order valence-corrected chi connectivity index (χ4v) is 0.454. The molecule has 0 amide bonds. The lowest BCUT2D eigenvalue weighted by Crippen LogP contribution is -2.20. The van der Waals surface area contributed by atoms with Crippen LogP contribution >= 0.6 is 0 Å². The van der Waals surface area contributed by atoms with Gasteiger partial charge in [0.15, 0.2) is 0 Å². The summed E-state index contributed by atoms with van der Waals surface area (Å²) >= 11 is 0. The highest BCUT2D eigenvalue weighted by Gasteiger charge is 1.92. The van der Waals surface area contributed by atoms with Gasteiger partial charge in [-0.05, 0) is 6.92 Å². The fraction of sp³-hybridized carbons (Fsp3) is 0.667. The van der Waals surface area contributed by atoms with E-state index in [1.807, 2.05) is 4.72 Å². The summed E-state index contributed by atoms with van der Waals surface area (Å²) in [7, 11) is -3.05. The van der Waals surface area contributed by atoms with E-state index in [1.54, 1.807) is 0 Å². The van der Waals surface area contributed by atoms with Gasteiger partial charge in [-0.2, -0.15) is 0 Å². The zero-order chi connectivity index (χ0) is 5.91. The minimum atomic E-state index is -3.05. The summed E-state index contributed by atoms with van der Waals surface area (Å²) < 4.78 is 22.1. The minimum absolute atomic E-state index is 0.0289. The van der Waals surface area contributed by atoms with Crippen LogP contribution < -0.4 is 4.72 Å². The van der Waals surface area contributed by atoms with Gasteiger partial charge in [0.25, 0.3) is 0 Å². The lowest BCUT2D eigenvalue weighted by molar-refractivity contribution is 0.591. The highest BCUT2D eigenvalue weighted by atomic mass is 32.2. The lowest BCUT2D eigenvalue weighted by Gasteiger charge is -1.91. The number of hydrogen-bond acceptors (Lipinski definition) is 2. The van der Waals surface area contributed by atoms with Crippen molar-refractivity contribution in [1.29, 1.82) is 0 Å². The Kier molecular flexibility index (Phi) is 2.25. The molecule has 42 valence electrons. The SMILES string of the molecule is [CH]CNS(C)(=O)=O. The molecule has 0 aliphatic heterocycles. The summed E-state index contributed by atoms with van der Waals surface area (Å²) in [4.78, 5) is 0. The van der Waals surface area contributed by atoms with Crippen LogP contribution in [0.1, 0.15) is 0 Å². The van der Waals surface area contributed by atoms with Gasteiger partial charge >= 0.3 is 0 Å². The van der Waals surface area contributed by atoms with Gasteiger partial charge in [-0.25, -0.2) is 13.1 Å². The molecule has 4 heteroatoms. The van der Waals surface area contributed by atoms with Gasteiger partial charge < -0.3 is 0 Å². The third kappa shape index (κ3) is 5.91. The Hall–Kier alpha value is -0.0900. The van der Waals surface area contributed by atoms with Crippen LogP contribution in [0.15, 0.2) is 0 Å². The molecular weight excluding hydrogens is 114 g/mol. The van der Waals surface area contributed by atoms with Crippen LogP contribution in [0.4, 0.5) is 0 Å². The first-order valence-corrected chi connectivity index (χ1v) is 3.60. The van der Waals surface area contributed by atoms with Gasteiger partial charge in [-0.3, -0.25) is 0 Å². The average molecular weight is 121 g/mol. The van der Waals surface area contributed by atoms with Crippen LogP contribution in [0.2, 0.25) is 0 Å². The first kappa shape index (κ1) is 6.91. The molecule has 0 aromatic heterocycles. The largest absolute Gasteiger partial charge is 0.215 e. The van der Waals surface area contributed by atoms with Crippen LogP contribution in [0, 0.1) is 6.92 Å². The van der Waals surface area contributed by atoms with E-state index in [0.29, 0.717) is 0 Å². The summed E-state index contributed by atoms with van der Waals surface area (Å²) in [5, 5.41) is 0. The Morgan fingerprint density at radius 1 is 1.71 bits per heavy atom. The molecule has 0 aliphatic carbocycles. The molecule has 7 heavy (non-hydrogen) atoms. The molecule has 0 spiro atoms. The van der Waals surface area contributed by atoms with E-state index in [0.717, 1.165) is 6.26 Å². The predicted molar refractivity (Wildman–Crippen MR) is 27.1 cm³/mol. The van der Waals surface area contributed by atoms with Crippen LogP contribution in [0.3, 0.4) is 0 Å². The Morgan fingerprint density at radius 3 is 2.14 bits per heavy atom. The van der Waals surface area contributed by atoms with Gasteiger partial charge in [-0.1, -0.05) is 0 Å². The highest BCUT2D eigenvalue weighted by Crippen LogP contribution is 1.67. The molecule has 0 atom stereocenters. The van der Waals surface area contributed by atoms with Crippen molar-refractivity contribution in [1.82, 2.24) is 4.72 Å². The molecule has 0 aliphatic rings. The monoisotopic (exact) mass is 121 g/mol. The maximum Gasteiger partial charge on any atom is 0.208 e. The van der Waals surface area contributed by atoms with Crippen molar-refractivity contribution in [2.45, 2.75) is 0 Å². The molecule has 0 fully saturated rings. The van der Waals surface area contributed by atoms with Gasteiger partial charge in [0.2, 0.25) is 10.0 Å². The Morgan fingerprint density at radius 2 is 2.14 bits per heavy atom. The molecule has 0 aromatic carbocycles. The summed E-state index contributed by atoms with van der Waals surface area (Å²) in [6.07, 6.45) is 1.06. The van der Waals surface area contributed by atoms with Crippen molar-refractivity contribution in [3.63, 3.8) is 0 Å². The van der Waals surface area contributed by atoms with Gasteiger partial charge in [0.1, 0.15) is 0 Å². The third-order valence-corrected chi connectivity index (χ3v) is 1.04. The van der Waals surface area contributed by atoms with Gasteiger partial charge in [-0.15, -0.1) is 0 Å². The fourth-order valence-electron chi connectivity index (χ4n) is 0.151. The Labute approximate surface area is 43.8 Å². The molecule has 0 aromatic rings. The minimum Gasteiger partial charge on any atom is -0.215 e. The van der Waals surface area contributed by atoms with Crippen molar-refractivity contribution in [2.75, 3.05) is 12.8 Å². The number of nitrogens with one attached hydrogen (secondary N) is 1. The first-order valence-electron chi connectivity index (χ1n) is 1.71. The van der Waals surface area contributed by atoms with Crippen LogP contribution in [0.25, 0.3) is 0 Å². The summed E-state index contributed by atoms with van der Waals surface area (Å²) in [5.74, 6) is 0. The van der Waals surface area contributed by atoms with Crippen molar-refractivity contribution >= 4 is 10.0 Å². The zero-order valence-electron chi connectivity index (χ0n) is 4.01. The summed E-state index contributed by atoms with van der Waals surface area (Å²) in [6, 6.07) is 0. The Balaban J connectivity index is 3.60. The molecule has 1 N–H and O–H groups in total. The maximum atomic E-state index is 10.0. The molecule has 0 rings (SSSR count). The van der Waals surface area contributed by atoms with Crippen LogP contribution in [0.5, 0.6) is 0 Å². The van der Waals surface area contributed by atoms with Gasteiger partial charge in [0.05, 0.1) is 6.26 Å².